The zero-order valence-corrected chi connectivity index (χ0v) is 17.1. The number of anilines is 1. The summed E-state index contributed by atoms with van der Waals surface area (Å²) in [6, 6.07) is 5.63. The highest BCUT2D eigenvalue weighted by Gasteiger charge is 2.18. The molecule has 1 heterocycles. The second kappa shape index (κ2) is 8.14. The lowest BCUT2D eigenvalue weighted by Crippen LogP contribution is -2.32. The van der Waals surface area contributed by atoms with Crippen molar-refractivity contribution in [3.63, 3.8) is 0 Å². The molecule has 2 N–H and O–H groups in total. The fraction of sp³-hybridized carbons (Fsp3) is 0.421. The van der Waals surface area contributed by atoms with E-state index >= 15 is 0 Å². The number of benzene rings is 1. The van der Waals surface area contributed by atoms with E-state index in [1.807, 2.05) is 27.7 Å². The van der Waals surface area contributed by atoms with Gasteiger partial charge in [-0.1, -0.05) is 27.7 Å². The molecule has 0 fully saturated rings. The summed E-state index contributed by atoms with van der Waals surface area (Å²) in [5.41, 5.74) is 0.646. The maximum absolute atomic E-state index is 12.3. The molecule has 0 radical (unpaired) electrons. The summed E-state index contributed by atoms with van der Waals surface area (Å²) < 4.78 is 27.1. The van der Waals surface area contributed by atoms with Crippen LogP contribution < -0.4 is 10.0 Å². The Kier molecular flexibility index (Phi) is 6.33. The number of rotatable bonds is 6. The fourth-order valence-corrected chi connectivity index (χ4v) is 3.51. The van der Waals surface area contributed by atoms with Crippen molar-refractivity contribution in [2.75, 3.05) is 5.32 Å². The van der Waals surface area contributed by atoms with Crippen LogP contribution in [0.3, 0.4) is 0 Å². The van der Waals surface area contributed by atoms with Gasteiger partial charge in [-0.25, -0.2) is 23.1 Å². The first-order valence-corrected chi connectivity index (χ1v) is 10.3. The molecule has 7 nitrogen and oxygen atoms in total. The van der Waals surface area contributed by atoms with Gasteiger partial charge in [-0.05, 0) is 37.6 Å². The van der Waals surface area contributed by atoms with Crippen molar-refractivity contribution >= 4 is 21.6 Å². The van der Waals surface area contributed by atoms with Crippen LogP contribution in [0.2, 0.25) is 0 Å². The first-order chi connectivity index (χ1) is 12.5. The van der Waals surface area contributed by atoms with Crippen molar-refractivity contribution in [2.45, 2.75) is 57.4 Å². The third-order valence-corrected chi connectivity index (χ3v) is 5.58. The van der Waals surface area contributed by atoms with Gasteiger partial charge in [0, 0.05) is 17.0 Å². The molecular formula is C19H26N4O3S. The van der Waals surface area contributed by atoms with Crippen LogP contribution in [0, 0.1) is 0 Å². The van der Waals surface area contributed by atoms with Gasteiger partial charge in [0.25, 0.3) is 5.91 Å². The number of aromatic nitrogens is 2. The van der Waals surface area contributed by atoms with Gasteiger partial charge in [0.2, 0.25) is 10.0 Å². The number of carbonyl (C=O) groups is 1. The van der Waals surface area contributed by atoms with Crippen molar-refractivity contribution in [1.82, 2.24) is 14.7 Å². The van der Waals surface area contributed by atoms with Gasteiger partial charge in [0.1, 0.15) is 5.82 Å². The Hall–Kier alpha value is -2.32. The number of carbonyl (C=O) groups excluding carboxylic acids is 1. The van der Waals surface area contributed by atoms with Crippen LogP contribution >= 0.6 is 0 Å². The summed E-state index contributed by atoms with van der Waals surface area (Å²) in [4.78, 5) is 21.0. The van der Waals surface area contributed by atoms with Crippen molar-refractivity contribution in [3.8, 4) is 0 Å². The second-order valence-electron chi connectivity index (χ2n) is 7.45. The molecule has 8 heteroatoms. The molecule has 146 valence electrons. The van der Waals surface area contributed by atoms with Gasteiger partial charge >= 0.3 is 0 Å². The molecular weight excluding hydrogens is 364 g/mol. The Morgan fingerprint density at radius 1 is 1.11 bits per heavy atom. The van der Waals surface area contributed by atoms with Gasteiger partial charge in [0.15, 0.2) is 0 Å². The Labute approximate surface area is 160 Å². The molecule has 1 aromatic carbocycles. The van der Waals surface area contributed by atoms with Gasteiger partial charge in [-0.2, -0.15) is 0 Å². The zero-order valence-electron chi connectivity index (χ0n) is 16.3. The number of nitrogens with zero attached hydrogens (tertiary/aromatic N) is 2. The normalized spacial score (nSPS) is 13.2. The SMILES string of the molecule is CCC(C)NS(=O)(=O)c1ccc(C(=O)Nc2cnc(C(C)(C)C)nc2)cc1. The lowest BCUT2D eigenvalue weighted by atomic mass is 9.96. The summed E-state index contributed by atoms with van der Waals surface area (Å²) in [6.07, 6.45) is 3.80. The first kappa shape index (κ1) is 21.0. The summed E-state index contributed by atoms with van der Waals surface area (Å²) in [5, 5.41) is 2.71. The molecule has 0 saturated heterocycles. The Bertz CT molecular complexity index is 886. The molecule has 27 heavy (non-hydrogen) atoms. The summed E-state index contributed by atoms with van der Waals surface area (Å²) in [6.45, 7) is 9.72. The monoisotopic (exact) mass is 390 g/mol. The second-order valence-corrected chi connectivity index (χ2v) is 9.17. The van der Waals surface area contributed by atoms with Crippen LogP contribution in [0.4, 0.5) is 5.69 Å². The number of sulfonamides is 1. The van der Waals surface area contributed by atoms with Gasteiger partial charge in [-0.3, -0.25) is 4.79 Å². The minimum Gasteiger partial charge on any atom is -0.319 e. The zero-order chi connectivity index (χ0) is 20.2. The molecule has 0 aliphatic heterocycles. The minimum atomic E-state index is -3.59. The molecule has 0 saturated carbocycles. The lowest BCUT2D eigenvalue weighted by Gasteiger charge is -2.16. The predicted molar refractivity (Wildman–Crippen MR) is 105 cm³/mol. The number of hydrogen-bond acceptors (Lipinski definition) is 5. The Balaban J connectivity index is 2.09. The molecule has 1 aromatic heterocycles. The smallest absolute Gasteiger partial charge is 0.255 e. The van der Waals surface area contributed by atoms with Crippen LogP contribution in [0.25, 0.3) is 0 Å². The fourth-order valence-electron chi connectivity index (χ4n) is 2.18. The molecule has 1 atom stereocenters. The van der Waals surface area contributed by atoms with E-state index in [0.29, 0.717) is 23.5 Å². The van der Waals surface area contributed by atoms with E-state index in [4.69, 9.17) is 0 Å². The Morgan fingerprint density at radius 2 is 1.67 bits per heavy atom. The molecule has 0 bridgehead atoms. The van der Waals surface area contributed by atoms with Crippen LogP contribution in [0.15, 0.2) is 41.6 Å². The maximum atomic E-state index is 12.3. The number of hydrogen-bond donors (Lipinski definition) is 2. The minimum absolute atomic E-state index is 0.122. The molecule has 0 aliphatic carbocycles. The lowest BCUT2D eigenvalue weighted by molar-refractivity contribution is 0.102. The highest BCUT2D eigenvalue weighted by atomic mass is 32.2. The highest BCUT2D eigenvalue weighted by molar-refractivity contribution is 7.89. The van der Waals surface area contributed by atoms with Crippen molar-refractivity contribution in [3.05, 3.63) is 48.0 Å². The van der Waals surface area contributed by atoms with E-state index in [2.05, 4.69) is 20.0 Å². The molecule has 0 spiro atoms. The molecule has 2 rings (SSSR count). The van der Waals surface area contributed by atoms with E-state index in [1.54, 1.807) is 19.3 Å². The van der Waals surface area contributed by atoms with Crippen LogP contribution in [0.5, 0.6) is 0 Å². The quantitative estimate of drug-likeness (QED) is 0.789. The van der Waals surface area contributed by atoms with E-state index in [0.717, 1.165) is 0 Å². The summed E-state index contributed by atoms with van der Waals surface area (Å²) in [5.74, 6) is 0.324. The van der Waals surface area contributed by atoms with Crippen molar-refractivity contribution in [2.24, 2.45) is 0 Å². The van der Waals surface area contributed by atoms with E-state index in [9.17, 15) is 13.2 Å². The third-order valence-electron chi connectivity index (χ3n) is 3.98. The van der Waals surface area contributed by atoms with Crippen molar-refractivity contribution in [1.29, 1.82) is 0 Å². The van der Waals surface area contributed by atoms with E-state index < -0.39 is 10.0 Å². The largest absolute Gasteiger partial charge is 0.319 e. The van der Waals surface area contributed by atoms with Crippen LogP contribution in [0.1, 0.15) is 57.2 Å². The number of amides is 1. The molecule has 1 amide bonds. The maximum Gasteiger partial charge on any atom is 0.255 e. The van der Waals surface area contributed by atoms with Crippen molar-refractivity contribution < 1.29 is 13.2 Å². The van der Waals surface area contributed by atoms with Gasteiger partial charge < -0.3 is 5.32 Å². The van der Waals surface area contributed by atoms with E-state index in [1.165, 1.54) is 24.3 Å². The topological polar surface area (TPSA) is 101 Å². The van der Waals surface area contributed by atoms with Crippen LogP contribution in [-0.4, -0.2) is 30.3 Å². The average molecular weight is 391 g/mol. The van der Waals surface area contributed by atoms with Gasteiger partial charge in [-0.15, -0.1) is 0 Å². The Morgan fingerprint density at radius 3 is 2.15 bits per heavy atom. The highest BCUT2D eigenvalue weighted by Crippen LogP contribution is 2.18. The number of nitrogens with one attached hydrogen (secondary N) is 2. The molecule has 1 unspecified atom stereocenters. The standard InChI is InChI=1S/C19H26N4O3S/c1-6-13(2)23-27(25,26)16-9-7-14(8-10-16)17(24)22-15-11-20-18(21-12-15)19(3,4)5/h7-13,23H,6H2,1-5H3,(H,22,24). The van der Waals surface area contributed by atoms with E-state index in [-0.39, 0.29) is 22.3 Å². The first-order valence-electron chi connectivity index (χ1n) is 8.79. The molecule has 2 aromatic rings. The van der Waals surface area contributed by atoms with Gasteiger partial charge in [0.05, 0.1) is 23.0 Å². The van der Waals surface area contributed by atoms with Crippen LogP contribution in [-0.2, 0) is 15.4 Å². The predicted octanol–water partition coefficient (Wildman–Crippen LogP) is 3.10. The summed E-state index contributed by atoms with van der Waals surface area (Å²) >= 11 is 0. The average Bonchev–Trinajstić information content (AvgIpc) is 2.61. The third kappa shape index (κ3) is 5.58. The summed E-state index contributed by atoms with van der Waals surface area (Å²) in [7, 11) is -3.59. The molecule has 0 aliphatic rings.